The van der Waals surface area contributed by atoms with Gasteiger partial charge in [-0.1, -0.05) is 38.1 Å². The van der Waals surface area contributed by atoms with Crippen molar-refractivity contribution in [2.45, 2.75) is 33.0 Å². The Hall–Kier alpha value is -4.73. The molecule has 0 fully saturated rings. The van der Waals surface area contributed by atoms with E-state index in [4.69, 9.17) is 18.9 Å². The minimum absolute atomic E-state index is 0.172. The number of benzene rings is 3. The summed E-state index contributed by atoms with van der Waals surface area (Å²) in [7, 11) is 5.90. The lowest BCUT2D eigenvalue weighted by molar-refractivity contribution is -0.142. The van der Waals surface area contributed by atoms with Crippen LogP contribution in [0.25, 0.3) is 0 Å². The number of amides is 2. The summed E-state index contributed by atoms with van der Waals surface area (Å²) < 4.78 is 26.5. The van der Waals surface area contributed by atoms with E-state index in [1.165, 1.54) is 21.3 Å². The van der Waals surface area contributed by atoms with Crippen LogP contribution in [0.15, 0.2) is 60.7 Å². The number of fused-ring (bicyclic) bond motifs is 1. The lowest BCUT2D eigenvalue weighted by Crippen LogP contribution is -2.50. The van der Waals surface area contributed by atoms with Crippen LogP contribution in [0, 0.1) is 5.92 Å². The SMILES string of the molecule is COC(=O)COc1ccc(CN2C(=O)c3cc(OC)c(OC)cc3N(Cc3cccc(OC)c3)C(=O)[C@@H]2C(C)C)cc1. The molecule has 0 radical (unpaired) electrons. The van der Waals surface area contributed by atoms with Gasteiger partial charge in [-0.15, -0.1) is 0 Å². The maximum absolute atomic E-state index is 14.4. The summed E-state index contributed by atoms with van der Waals surface area (Å²) in [5.41, 5.74) is 2.39. The highest BCUT2D eigenvalue weighted by atomic mass is 16.6. The molecular formula is C32H36N2O8. The Morgan fingerprint density at radius 1 is 0.810 bits per heavy atom. The van der Waals surface area contributed by atoms with Crippen molar-refractivity contribution >= 4 is 23.5 Å². The maximum Gasteiger partial charge on any atom is 0.343 e. The second-order valence-corrected chi connectivity index (χ2v) is 10.1. The summed E-state index contributed by atoms with van der Waals surface area (Å²) >= 11 is 0. The van der Waals surface area contributed by atoms with Crippen LogP contribution in [0.4, 0.5) is 5.69 Å². The predicted molar refractivity (Wildman–Crippen MR) is 156 cm³/mol. The third-order valence-corrected chi connectivity index (χ3v) is 7.11. The molecule has 3 aromatic rings. The number of carbonyl (C=O) groups excluding carboxylic acids is 3. The molecule has 222 valence electrons. The first-order valence-corrected chi connectivity index (χ1v) is 13.5. The molecule has 0 unspecified atom stereocenters. The van der Waals surface area contributed by atoms with Gasteiger partial charge in [0.2, 0.25) is 5.91 Å². The van der Waals surface area contributed by atoms with Crippen molar-refractivity contribution in [1.29, 1.82) is 0 Å². The standard InChI is InChI=1S/C32H36N2O8/c1-20(2)30-32(37)33(18-22-8-7-9-24(14-22)38-3)26-16-28(40-5)27(39-4)15-25(26)31(36)34(30)17-21-10-12-23(13-11-21)42-19-29(35)41-6/h7-16,20,30H,17-19H2,1-6H3/t30-/m0/s1. The molecule has 0 bridgehead atoms. The summed E-state index contributed by atoms with van der Waals surface area (Å²) in [6.07, 6.45) is 0. The highest BCUT2D eigenvalue weighted by Gasteiger charge is 2.42. The van der Waals surface area contributed by atoms with Crippen LogP contribution in [0.5, 0.6) is 23.0 Å². The van der Waals surface area contributed by atoms with Gasteiger partial charge in [-0.05, 0) is 47.4 Å². The molecule has 1 aliphatic heterocycles. The molecule has 10 nitrogen and oxygen atoms in total. The normalized spacial score (nSPS) is 14.8. The summed E-state index contributed by atoms with van der Waals surface area (Å²) in [6.45, 7) is 4.02. The number of hydrogen-bond acceptors (Lipinski definition) is 8. The molecular weight excluding hydrogens is 540 g/mol. The minimum Gasteiger partial charge on any atom is -0.497 e. The van der Waals surface area contributed by atoms with E-state index in [2.05, 4.69) is 4.74 Å². The quantitative estimate of drug-likeness (QED) is 0.308. The van der Waals surface area contributed by atoms with Gasteiger partial charge in [-0.25, -0.2) is 4.79 Å². The Morgan fingerprint density at radius 2 is 1.50 bits per heavy atom. The van der Waals surface area contributed by atoms with Crippen molar-refractivity contribution in [1.82, 2.24) is 4.90 Å². The van der Waals surface area contributed by atoms with Gasteiger partial charge in [0.15, 0.2) is 18.1 Å². The van der Waals surface area contributed by atoms with Crippen LogP contribution in [-0.2, 0) is 27.4 Å². The molecule has 1 atom stereocenters. The highest BCUT2D eigenvalue weighted by Crippen LogP contribution is 2.40. The molecule has 0 N–H and O–H groups in total. The average Bonchev–Trinajstić information content (AvgIpc) is 3.08. The number of anilines is 1. The van der Waals surface area contributed by atoms with E-state index in [1.54, 1.807) is 53.3 Å². The molecule has 42 heavy (non-hydrogen) atoms. The van der Waals surface area contributed by atoms with Crippen molar-refractivity contribution in [3.63, 3.8) is 0 Å². The monoisotopic (exact) mass is 576 g/mol. The van der Waals surface area contributed by atoms with E-state index in [9.17, 15) is 14.4 Å². The molecule has 3 aromatic carbocycles. The fraction of sp³-hybridized carbons (Fsp3) is 0.344. The summed E-state index contributed by atoms with van der Waals surface area (Å²) in [5.74, 6) is 0.723. The Kier molecular flexibility index (Phi) is 9.57. The Morgan fingerprint density at radius 3 is 2.12 bits per heavy atom. The van der Waals surface area contributed by atoms with E-state index in [0.717, 1.165) is 11.1 Å². The highest BCUT2D eigenvalue weighted by molar-refractivity contribution is 6.11. The molecule has 1 heterocycles. The van der Waals surface area contributed by atoms with Gasteiger partial charge in [-0.2, -0.15) is 0 Å². The number of esters is 1. The molecule has 1 aliphatic rings. The lowest BCUT2D eigenvalue weighted by atomic mass is 9.99. The number of rotatable bonds is 11. The fourth-order valence-electron chi connectivity index (χ4n) is 4.98. The number of hydrogen-bond donors (Lipinski definition) is 0. The van der Waals surface area contributed by atoms with Crippen molar-refractivity contribution in [2.75, 3.05) is 39.9 Å². The Bertz CT molecular complexity index is 1440. The number of methoxy groups -OCH3 is 4. The minimum atomic E-state index is -0.761. The first-order chi connectivity index (χ1) is 20.2. The molecule has 0 saturated heterocycles. The average molecular weight is 577 g/mol. The zero-order valence-electron chi connectivity index (χ0n) is 24.7. The van der Waals surface area contributed by atoms with Crippen molar-refractivity contribution in [2.24, 2.45) is 5.92 Å². The van der Waals surface area contributed by atoms with Crippen LogP contribution in [0.1, 0.15) is 35.3 Å². The first kappa shape index (κ1) is 30.2. The summed E-state index contributed by atoms with van der Waals surface area (Å²) in [4.78, 5) is 43.4. The van der Waals surface area contributed by atoms with Crippen LogP contribution in [-0.4, -0.2) is 63.8 Å². The van der Waals surface area contributed by atoms with Crippen molar-refractivity contribution < 1.29 is 38.1 Å². The van der Waals surface area contributed by atoms with Crippen molar-refractivity contribution in [3.05, 3.63) is 77.4 Å². The van der Waals surface area contributed by atoms with Crippen molar-refractivity contribution in [3.8, 4) is 23.0 Å². The number of ether oxygens (including phenoxy) is 5. The van der Waals surface area contributed by atoms with Gasteiger partial charge >= 0.3 is 5.97 Å². The van der Waals surface area contributed by atoms with Crippen LogP contribution >= 0.6 is 0 Å². The molecule has 0 aliphatic carbocycles. The zero-order chi connectivity index (χ0) is 30.4. The third kappa shape index (κ3) is 6.43. The second kappa shape index (κ2) is 13.3. The molecule has 2 amide bonds. The van der Waals surface area contributed by atoms with Gasteiger partial charge in [0.25, 0.3) is 5.91 Å². The Balaban J connectivity index is 1.77. The Labute approximate surface area is 245 Å². The van der Waals surface area contributed by atoms with Crippen LogP contribution in [0.3, 0.4) is 0 Å². The van der Waals surface area contributed by atoms with Gasteiger partial charge < -0.3 is 33.5 Å². The fourth-order valence-corrected chi connectivity index (χ4v) is 4.98. The molecule has 0 aromatic heterocycles. The summed E-state index contributed by atoms with van der Waals surface area (Å²) in [6, 6.07) is 17.1. The smallest absolute Gasteiger partial charge is 0.343 e. The number of nitrogens with zero attached hydrogens (tertiary/aromatic N) is 2. The largest absolute Gasteiger partial charge is 0.497 e. The van der Waals surface area contributed by atoms with E-state index in [1.807, 2.05) is 38.1 Å². The molecule has 0 spiro atoms. The maximum atomic E-state index is 14.4. The second-order valence-electron chi connectivity index (χ2n) is 10.1. The lowest BCUT2D eigenvalue weighted by Gasteiger charge is -2.33. The predicted octanol–water partition coefficient (Wildman–Crippen LogP) is 4.48. The first-order valence-electron chi connectivity index (χ1n) is 13.5. The van der Waals surface area contributed by atoms with Crippen LogP contribution in [0.2, 0.25) is 0 Å². The van der Waals surface area contributed by atoms with E-state index in [-0.39, 0.29) is 37.4 Å². The van der Waals surface area contributed by atoms with E-state index < -0.39 is 12.0 Å². The topological polar surface area (TPSA) is 104 Å². The molecule has 10 heteroatoms. The van der Waals surface area contributed by atoms with Crippen LogP contribution < -0.4 is 23.8 Å². The van der Waals surface area contributed by atoms with Gasteiger partial charge in [0, 0.05) is 12.6 Å². The van der Waals surface area contributed by atoms with Gasteiger partial charge in [0.05, 0.1) is 46.2 Å². The molecule has 0 saturated carbocycles. The van der Waals surface area contributed by atoms with E-state index >= 15 is 0 Å². The molecule has 4 rings (SSSR count). The summed E-state index contributed by atoms with van der Waals surface area (Å²) in [5, 5.41) is 0. The van der Waals surface area contributed by atoms with E-state index in [0.29, 0.717) is 34.2 Å². The van der Waals surface area contributed by atoms with Gasteiger partial charge in [0.1, 0.15) is 17.5 Å². The zero-order valence-corrected chi connectivity index (χ0v) is 24.7. The third-order valence-electron chi connectivity index (χ3n) is 7.11. The van der Waals surface area contributed by atoms with Gasteiger partial charge in [-0.3, -0.25) is 9.59 Å². The number of carbonyl (C=O) groups is 3.